The van der Waals surface area contributed by atoms with E-state index < -0.39 is 83.1 Å². The summed E-state index contributed by atoms with van der Waals surface area (Å²) in [6, 6.07) is 4.00. The molecule has 5 rings (SSSR count). The summed E-state index contributed by atoms with van der Waals surface area (Å²) in [6.07, 6.45) is -6.96. The Kier molecular flexibility index (Phi) is 4.81. The highest BCUT2D eigenvalue weighted by Crippen LogP contribution is 2.61. The molecule has 1 aromatic carbocycles. The number of hydrogen-bond donors (Lipinski definition) is 3. The van der Waals surface area contributed by atoms with Crippen molar-refractivity contribution >= 4 is 23.3 Å². The van der Waals surface area contributed by atoms with Crippen LogP contribution in [0.4, 0.5) is 0 Å². The molecule has 0 amide bonds. The Morgan fingerprint density at radius 1 is 1.18 bits per heavy atom. The summed E-state index contributed by atoms with van der Waals surface area (Å²) in [7, 11) is 0. The molecule has 3 heterocycles. The van der Waals surface area contributed by atoms with Gasteiger partial charge >= 0.3 is 5.97 Å². The van der Waals surface area contributed by atoms with Crippen LogP contribution in [0.15, 0.2) is 18.2 Å². The maximum atomic E-state index is 14.1. The van der Waals surface area contributed by atoms with E-state index in [4.69, 9.17) is 14.2 Å². The second-order valence-electron chi connectivity index (χ2n) is 9.41. The van der Waals surface area contributed by atoms with Gasteiger partial charge in [-0.3, -0.25) is 19.2 Å². The van der Waals surface area contributed by atoms with Gasteiger partial charge in [-0.2, -0.15) is 0 Å². The van der Waals surface area contributed by atoms with Gasteiger partial charge in [-0.15, -0.1) is 0 Å². The molecule has 1 spiro atoms. The van der Waals surface area contributed by atoms with E-state index in [0.717, 1.165) is 0 Å². The number of phenols is 1. The zero-order chi connectivity index (χ0) is 23.9. The molecule has 4 aliphatic rings. The number of fused-ring (bicyclic) bond motifs is 5. The topological polar surface area (TPSA) is 157 Å². The maximum absolute atomic E-state index is 14.1. The monoisotopic (exact) mass is 460 g/mol. The van der Waals surface area contributed by atoms with E-state index in [1.165, 1.54) is 25.1 Å². The number of aliphatic hydroxyl groups excluding tert-OH is 2. The first kappa shape index (κ1) is 22.1. The van der Waals surface area contributed by atoms with Gasteiger partial charge in [0.05, 0.1) is 35.5 Å². The highest BCUT2D eigenvalue weighted by atomic mass is 16.7. The molecule has 176 valence electrons. The number of benzene rings is 1. The molecule has 3 aliphatic heterocycles. The van der Waals surface area contributed by atoms with Crippen LogP contribution in [0.25, 0.3) is 0 Å². The van der Waals surface area contributed by atoms with Crippen LogP contribution >= 0.6 is 0 Å². The van der Waals surface area contributed by atoms with Gasteiger partial charge in [0.1, 0.15) is 29.8 Å². The van der Waals surface area contributed by atoms with Crippen molar-refractivity contribution in [2.45, 2.75) is 69.4 Å². The summed E-state index contributed by atoms with van der Waals surface area (Å²) in [4.78, 5) is 52.9. The van der Waals surface area contributed by atoms with Crippen molar-refractivity contribution in [1.29, 1.82) is 0 Å². The molecule has 0 radical (unpaired) electrons. The third-order valence-corrected chi connectivity index (χ3v) is 7.22. The quantitative estimate of drug-likeness (QED) is 0.524. The smallest absolute Gasteiger partial charge is 0.308 e. The predicted molar refractivity (Wildman–Crippen MR) is 107 cm³/mol. The van der Waals surface area contributed by atoms with Crippen LogP contribution in [0, 0.1) is 11.3 Å². The molecule has 0 unspecified atom stereocenters. The minimum absolute atomic E-state index is 0.0339. The Morgan fingerprint density at radius 3 is 2.61 bits per heavy atom. The molecule has 1 aromatic rings. The van der Waals surface area contributed by atoms with Gasteiger partial charge in [0.15, 0.2) is 11.6 Å². The summed E-state index contributed by atoms with van der Waals surface area (Å²) >= 11 is 0. The molecule has 3 saturated heterocycles. The highest BCUT2D eigenvalue weighted by Gasteiger charge is 2.76. The fourth-order valence-corrected chi connectivity index (χ4v) is 6.17. The Morgan fingerprint density at radius 2 is 1.91 bits per heavy atom. The Balaban J connectivity index is 1.84. The van der Waals surface area contributed by atoms with E-state index in [9.17, 15) is 34.5 Å². The van der Waals surface area contributed by atoms with Crippen molar-refractivity contribution < 1.29 is 48.7 Å². The molecular formula is C23H24O10. The van der Waals surface area contributed by atoms with Crippen molar-refractivity contribution in [3.05, 3.63) is 29.3 Å². The van der Waals surface area contributed by atoms with Crippen LogP contribution in [-0.2, 0) is 23.8 Å². The van der Waals surface area contributed by atoms with Crippen LogP contribution in [0.3, 0.4) is 0 Å². The van der Waals surface area contributed by atoms with Crippen LogP contribution in [0.1, 0.15) is 53.8 Å². The highest BCUT2D eigenvalue weighted by molar-refractivity contribution is 6.20. The summed E-state index contributed by atoms with van der Waals surface area (Å²) in [5, 5.41) is 32.2. The van der Waals surface area contributed by atoms with Gasteiger partial charge in [-0.25, -0.2) is 0 Å². The first-order valence-corrected chi connectivity index (χ1v) is 10.8. The first-order chi connectivity index (χ1) is 15.5. The van der Waals surface area contributed by atoms with Crippen molar-refractivity contribution in [1.82, 2.24) is 0 Å². The molecule has 1 aliphatic carbocycles. The first-order valence-electron chi connectivity index (χ1n) is 10.8. The molecule has 3 fully saturated rings. The summed E-state index contributed by atoms with van der Waals surface area (Å²) in [5.41, 5.74) is -2.35. The second kappa shape index (κ2) is 7.17. The molecular weight excluding hydrogens is 436 g/mol. The summed E-state index contributed by atoms with van der Waals surface area (Å²) in [5.74, 6) is -7.00. The largest absolute Gasteiger partial charge is 0.507 e. The van der Waals surface area contributed by atoms with Gasteiger partial charge in [-0.05, 0) is 19.9 Å². The van der Waals surface area contributed by atoms with Crippen LogP contribution in [-0.4, -0.2) is 74.9 Å². The Bertz CT molecular complexity index is 1080. The number of hydrogen-bond acceptors (Lipinski definition) is 10. The molecule has 33 heavy (non-hydrogen) atoms. The Labute approximate surface area is 188 Å². The van der Waals surface area contributed by atoms with Crippen LogP contribution in [0.5, 0.6) is 5.75 Å². The maximum Gasteiger partial charge on any atom is 0.308 e. The molecule has 0 saturated carbocycles. The normalized spacial score (nSPS) is 41.9. The van der Waals surface area contributed by atoms with Gasteiger partial charge < -0.3 is 29.5 Å². The second-order valence-corrected chi connectivity index (χ2v) is 9.41. The number of rotatable bonds is 2. The minimum atomic E-state index is -2.24. The number of carbonyl (C=O) groups excluding carboxylic acids is 4. The zero-order valence-electron chi connectivity index (χ0n) is 18.0. The summed E-state index contributed by atoms with van der Waals surface area (Å²) < 4.78 is 17.6. The molecule has 0 bridgehead atoms. The standard InChI is InChI=1S/C23H24O10/c1-9(24)8-22-18(17(28)16-11(19(22)29)4-3-5-12(16)25)23(20(30)13(26)6-10(2)32-23)33-14-7-15(27)31-21(14)22/h3-5,10,13-14,18,20-21,25-26,30H,6-8H2,1-2H3/t10-,13+,14-,18-,20-,21+,22-,23-/m1/s1. The van der Waals surface area contributed by atoms with Gasteiger partial charge in [0.25, 0.3) is 0 Å². The lowest BCUT2D eigenvalue weighted by Gasteiger charge is -2.60. The lowest BCUT2D eigenvalue weighted by molar-refractivity contribution is -0.398. The average molecular weight is 460 g/mol. The lowest BCUT2D eigenvalue weighted by atomic mass is 9.52. The van der Waals surface area contributed by atoms with Gasteiger partial charge in [-0.1, -0.05) is 12.1 Å². The van der Waals surface area contributed by atoms with Crippen molar-refractivity contribution in [3.8, 4) is 5.75 Å². The molecule has 10 nitrogen and oxygen atoms in total. The fourth-order valence-electron chi connectivity index (χ4n) is 6.17. The number of aliphatic hydroxyl groups is 2. The third kappa shape index (κ3) is 2.81. The number of phenolic OH excluding ortho intramolecular Hbond substituents is 1. The van der Waals surface area contributed by atoms with E-state index >= 15 is 0 Å². The molecule has 10 heteroatoms. The van der Waals surface area contributed by atoms with Gasteiger partial charge in [0, 0.05) is 18.4 Å². The van der Waals surface area contributed by atoms with Crippen molar-refractivity contribution in [2.75, 3.05) is 0 Å². The number of carbonyl (C=O) groups is 4. The third-order valence-electron chi connectivity index (χ3n) is 7.22. The number of aromatic hydroxyl groups is 1. The number of ketones is 3. The molecule has 8 atom stereocenters. The fraction of sp³-hybridized carbons (Fsp3) is 0.565. The molecule has 3 N–H and O–H groups in total. The summed E-state index contributed by atoms with van der Waals surface area (Å²) in [6.45, 7) is 2.85. The van der Waals surface area contributed by atoms with Crippen molar-refractivity contribution in [2.24, 2.45) is 11.3 Å². The van der Waals surface area contributed by atoms with E-state index in [2.05, 4.69) is 0 Å². The molecule has 0 aromatic heterocycles. The number of Topliss-reactive ketones (excluding diaryl/α,β-unsaturated/α-hetero) is 3. The zero-order valence-corrected chi connectivity index (χ0v) is 18.0. The Hall–Kier alpha value is -2.66. The van der Waals surface area contributed by atoms with Crippen LogP contribution < -0.4 is 0 Å². The van der Waals surface area contributed by atoms with E-state index in [-0.39, 0.29) is 24.0 Å². The van der Waals surface area contributed by atoms with E-state index in [0.29, 0.717) is 0 Å². The minimum Gasteiger partial charge on any atom is -0.507 e. The average Bonchev–Trinajstić information content (AvgIpc) is 3.10. The SMILES string of the molecule is CC(=O)C[C@]12C(=O)c3cccc(O)c3C(=O)[C@H]1[C@@]1(O[C@H](C)C[C@H](O)[C@H]1O)O[C@@H]1CC(=O)O[C@@H]12. The van der Waals surface area contributed by atoms with E-state index in [1.54, 1.807) is 6.92 Å². The van der Waals surface area contributed by atoms with E-state index in [1.807, 2.05) is 0 Å². The predicted octanol–water partition coefficient (Wildman–Crippen LogP) is 0.294. The number of esters is 1. The number of ether oxygens (including phenoxy) is 3. The lowest BCUT2D eigenvalue weighted by Crippen LogP contribution is -2.76. The van der Waals surface area contributed by atoms with Crippen molar-refractivity contribution in [3.63, 3.8) is 0 Å². The van der Waals surface area contributed by atoms with Gasteiger partial charge in [0.2, 0.25) is 5.79 Å². The van der Waals surface area contributed by atoms with Crippen LogP contribution in [0.2, 0.25) is 0 Å².